The van der Waals surface area contributed by atoms with E-state index in [9.17, 15) is 23.2 Å². The van der Waals surface area contributed by atoms with Crippen LogP contribution in [0.1, 0.15) is 51.3 Å². The van der Waals surface area contributed by atoms with E-state index in [0.29, 0.717) is 18.8 Å². The first kappa shape index (κ1) is 27.8. The predicted octanol–water partition coefficient (Wildman–Crippen LogP) is 3.29. The fraction of sp³-hybridized carbons (Fsp3) is 0.333. The standard InChI is InChI=1S/C30H24F2N4O5S/c1-17(25-10-18(13-33)15-42-25)35-28(39)24-12-29(40-8-9-41-29)16-36(24)26(37)14-34-27(38)19-6-7-23-21(11-19)20-4-2-3-5-22(20)30(23,31)32/h3,5-7,10-11,15,17,24H,8-9,12,14,16H2,1H3,(H,34,38)(H,35,39)/t17-,24+/m1/s1. The van der Waals surface area contributed by atoms with Crippen molar-refractivity contribution in [3.63, 3.8) is 0 Å². The van der Waals surface area contributed by atoms with E-state index in [1.807, 2.05) is 0 Å². The topological polar surface area (TPSA) is 121 Å². The number of thiophene rings is 1. The molecule has 3 aromatic rings. The lowest BCUT2D eigenvalue weighted by atomic mass is 10.0. The maximum Gasteiger partial charge on any atom is 0.300 e. The lowest BCUT2D eigenvalue weighted by Gasteiger charge is -2.25. The highest BCUT2D eigenvalue weighted by Crippen LogP contribution is 2.50. The van der Waals surface area contributed by atoms with Gasteiger partial charge in [0, 0.05) is 44.5 Å². The number of rotatable bonds is 6. The van der Waals surface area contributed by atoms with Crippen LogP contribution >= 0.6 is 11.3 Å². The van der Waals surface area contributed by atoms with Crippen molar-refractivity contribution in [2.24, 2.45) is 0 Å². The molecular formula is C30H24F2N4O5S. The van der Waals surface area contributed by atoms with Crippen LogP contribution in [0.25, 0.3) is 11.1 Å². The van der Waals surface area contributed by atoms with Gasteiger partial charge in [0.2, 0.25) is 11.8 Å². The van der Waals surface area contributed by atoms with Crippen molar-refractivity contribution in [3.05, 3.63) is 81.0 Å². The van der Waals surface area contributed by atoms with Gasteiger partial charge in [-0.3, -0.25) is 14.4 Å². The Balaban J connectivity index is 1.15. The van der Waals surface area contributed by atoms with Crippen molar-refractivity contribution < 1.29 is 32.6 Å². The van der Waals surface area contributed by atoms with Gasteiger partial charge in [0.25, 0.3) is 11.8 Å². The van der Waals surface area contributed by atoms with E-state index in [0.717, 1.165) is 4.88 Å². The average molecular weight is 591 g/mol. The van der Waals surface area contributed by atoms with Gasteiger partial charge >= 0.3 is 0 Å². The molecule has 1 spiro atoms. The van der Waals surface area contributed by atoms with Crippen LogP contribution in [0.15, 0.2) is 41.8 Å². The van der Waals surface area contributed by atoms with Crippen LogP contribution in [-0.2, 0) is 25.0 Å². The van der Waals surface area contributed by atoms with E-state index in [4.69, 9.17) is 14.7 Å². The molecule has 2 fully saturated rings. The first-order valence-corrected chi connectivity index (χ1v) is 14.1. The van der Waals surface area contributed by atoms with E-state index >= 15 is 0 Å². The Hall–Kier alpha value is -4.36. The molecule has 214 valence electrons. The van der Waals surface area contributed by atoms with Gasteiger partial charge in [0.05, 0.1) is 37.9 Å². The number of carbonyl (C=O) groups is 3. The zero-order chi connectivity index (χ0) is 29.6. The summed E-state index contributed by atoms with van der Waals surface area (Å²) in [7, 11) is 0. The van der Waals surface area contributed by atoms with Gasteiger partial charge in [-0.1, -0.05) is 18.2 Å². The molecule has 2 aromatic carbocycles. The Morgan fingerprint density at radius 1 is 1.21 bits per heavy atom. The number of nitrogens with one attached hydrogen (secondary N) is 2. The molecule has 2 atom stereocenters. The van der Waals surface area contributed by atoms with E-state index < -0.39 is 48.1 Å². The molecule has 0 saturated carbocycles. The summed E-state index contributed by atoms with van der Waals surface area (Å²) in [5.41, 5.74) is 0.520. The van der Waals surface area contributed by atoms with Gasteiger partial charge in [0.1, 0.15) is 12.1 Å². The first-order valence-electron chi connectivity index (χ1n) is 13.2. The molecule has 2 aliphatic heterocycles. The zero-order valence-corrected chi connectivity index (χ0v) is 23.1. The van der Waals surface area contributed by atoms with Crippen molar-refractivity contribution in [2.45, 2.75) is 37.1 Å². The Morgan fingerprint density at radius 3 is 2.74 bits per heavy atom. The normalized spacial score (nSPS) is 19.9. The van der Waals surface area contributed by atoms with Gasteiger partial charge in [-0.25, -0.2) is 0 Å². The number of hydrogen-bond donors (Lipinski definition) is 2. The van der Waals surface area contributed by atoms with Crippen LogP contribution in [0.2, 0.25) is 0 Å². The minimum absolute atomic E-state index is 0.00278. The summed E-state index contributed by atoms with van der Waals surface area (Å²) in [6.45, 7) is 2.00. The molecule has 2 N–H and O–H groups in total. The van der Waals surface area contributed by atoms with Crippen molar-refractivity contribution in [1.29, 1.82) is 5.26 Å². The summed E-state index contributed by atoms with van der Waals surface area (Å²) in [6, 6.07) is 14.3. The number of nitrogens with zero attached hydrogens (tertiary/aromatic N) is 2. The summed E-state index contributed by atoms with van der Waals surface area (Å²) in [5, 5.41) is 16.2. The molecule has 1 aliphatic carbocycles. The summed E-state index contributed by atoms with van der Waals surface area (Å²) in [6.07, 6.45) is 0.116. The molecule has 0 unspecified atom stereocenters. The molecule has 3 heterocycles. The van der Waals surface area contributed by atoms with E-state index in [2.05, 4.69) is 28.8 Å². The highest BCUT2D eigenvalue weighted by molar-refractivity contribution is 7.10. The number of ether oxygens (including phenoxy) is 2. The molecule has 9 nitrogen and oxygen atoms in total. The number of fused-ring (bicyclic) bond motifs is 3. The number of carbonyl (C=O) groups excluding carboxylic acids is 3. The van der Waals surface area contributed by atoms with Crippen LogP contribution in [0, 0.1) is 23.5 Å². The maximum atomic E-state index is 14.9. The lowest BCUT2D eigenvalue weighted by molar-refractivity contribution is -0.152. The number of hydrogen-bond acceptors (Lipinski definition) is 7. The molecule has 2 saturated heterocycles. The summed E-state index contributed by atoms with van der Waals surface area (Å²) >= 11 is 1.35. The lowest BCUT2D eigenvalue weighted by Crippen LogP contribution is -2.49. The van der Waals surface area contributed by atoms with E-state index in [-0.39, 0.29) is 40.8 Å². The third-order valence-electron chi connectivity index (χ3n) is 7.69. The van der Waals surface area contributed by atoms with Crippen LogP contribution in [0.3, 0.4) is 0 Å². The fourth-order valence-corrected chi connectivity index (χ4v) is 6.44. The molecule has 6 rings (SSSR count). The largest absolute Gasteiger partial charge is 0.347 e. The minimum Gasteiger partial charge on any atom is -0.347 e. The zero-order valence-electron chi connectivity index (χ0n) is 22.3. The van der Waals surface area contributed by atoms with Crippen molar-refractivity contribution >= 4 is 29.1 Å². The van der Waals surface area contributed by atoms with Crippen LogP contribution in [0.5, 0.6) is 0 Å². The van der Waals surface area contributed by atoms with Gasteiger partial charge in [0.15, 0.2) is 5.79 Å². The number of benzene rings is 1. The quantitative estimate of drug-likeness (QED) is 0.455. The number of nitriles is 1. The van der Waals surface area contributed by atoms with E-state index in [1.165, 1.54) is 46.6 Å². The Kier molecular flexibility index (Phi) is 6.93. The summed E-state index contributed by atoms with van der Waals surface area (Å²) < 4.78 is 41.3. The molecule has 42 heavy (non-hydrogen) atoms. The predicted molar refractivity (Wildman–Crippen MR) is 145 cm³/mol. The van der Waals surface area contributed by atoms with Gasteiger partial charge in [-0.15, -0.1) is 11.3 Å². The third kappa shape index (κ3) is 4.77. The van der Waals surface area contributed by atoms with Gasteiger partial charge in [-0.2, -0.15) is 14.0 Å². The number of likely N-dealkylation sites (tertiary alicyclic amines) is 1. The number of alkyl halides is 2. The van der Waals surface area contributed by atoms with Gasteiger partial charge < -0.3 is 25.0 Å². The Bertz CT molecular complexity index is 1630. The Labute approximate surface area is 244 Å². The molecule has 12 heteroatoms. The molecule has 3 amide bonds. The van der Waals surface area contributed by atoms with Crippen LogP contribution in [0.4, 0.5) is 8.78 Å². The van der Waals surface area contributed by atoms with Crippen molar-refractivity contribution in [3.8, 4) is 17.2 Å². The average Bonchev–Trinajstić information content (AvgIpc) is 3.78. The highest BCUT2D eigenvalue weighted by Gasteiger charge is 2.52. The van der Waals surface area contributed by atoms with E-state index in [1.54, 1.807) is 18.4 Å². The number of amides is 3. The van der Waals surface area contributed by atoms with Crippen molar-refractivity contribution in [2.75, 3.05) is 26.3 Å². The molecule has 0 radical (unpaired) electrons. The third-order valence-corrected chi connectivity index (χ3v) is 8.81. The van der Waals surface area contributed by atoms with Gasteiger partial charge in [-0.05, 0) is 37.3 Å². The smallest absolute Gasteiger partial charge is 0.300 e. The van der Waals surface area contributed by atoms with Crippen molar-refractivity contribution in [1.82, 2.24) is 15.5 Å². The molecule has 1 aromatic heterocycles. The fourth-order valence-electron chi connectivity index (χ4n) is 5.59. The number of halogens is 2. The minimum atomic E-state index is -3.22. The second-order valence-corrected chi connectivity index (χ2v) is 11.3. The molecule has 3 aliphatic rings. The SMILES string of the molecule is C[C@@H](NC(=O)[C@@H]1CC2(CN1C(=O)CNC(=O)c1ccc3c(c1)-c1c#cccc1C3(F)F)OCCO2)c1cc(C#N)cs1. The highest BCUT2D eigenvalue weighted by atomic mass is 32.1. The summed E-state index contributed by atoms with van der Waals surface area (Å²) in [4.78, 5) is 41.8. The van der Waals surface area contributed by atoms with Crippen LogP contribution < -0.4 is 10.6 Å². The first-order chi connectivity index (χ1) is 20.1. The molecule has 0 bridgehead atoms. The maximum absolute atomic E-state index is 14.9. The monoisotopic (exact) mass is 590 g/mol. The second kappa shape index (κ2) is 10.5. The molecular weight excluding hydrogens is 566 g/mol. The second-order valence-electron chi connectivity index (χ2n) is 10.3. The summed E-state index contributed by atoms with van der Waals surface area (Å²) in [5.74, 6) is -5.92. The Morgan fingerprint density at radius 2 is 2.00 bits per heavy atom. The van der Waals surface area contributed by atoms with Crippen LogP contribution in [-0.4, -0.2) is 60.8 Å².